The van der Waals surface area contributed by atoms with E-state index in [1.54, 1.807) is 25.3 Å². The topological polar surface area (TPSA) is 76.1 Å². The highest BCUT2D eigenvalue weighted by Crippen LogP contribution is 2.38. The average molecular weight is 481 g/mol. The summed E-state index contributed by atoms with van der Waals surface area (Å²) in [5.74, 6) is 0.223. The predicted octanol–water partition coefficient (Wildman–Crippen LogP) is 5.77. The van der Waals surface area contributed by atoms with Gasteiger partial charge in [0, 0.05) is 18.3 Å². The van der Waals surface area contributed by atoms with Gasteiger partial charge in [0.1, 0.15) is 16.8 Å². The van der Waals surface area contributed by atoms with E-state index < -0.39 is 5.25 Å². The minimum Gasteiger partial charge on any atom is -0.497 e. The molecule has 1 aromatic heterocycles. The Hall–Kier alpha value is -3.43. The molecule has 0 aliphatic rings. The molecule has 0 saturated heterocycles. The van der Waals surface area contributed by atoms with Crippen LogP contribution in [0.3, 0.4) is 0 Å². The second kappa shape index (κ2) is 10.9. The zero-order valence-electron chi connectivity index (χ0n) is 17.7. The Labute approximate surface area is 199 Å². The van der Waals surface area contributed by atoms with E-state index in [9.17, 15) is 9.18 Å². The van der Waals surface area contributed by atoms with Crippen LogP contribution in [0.4, 0.5) is 15.2 Å². The molecule has 0 spiro atoms. The predicted molar refractivity (Wildman–Crippen MR) is 130 cm³/mol. The molecular formula is C24H21FN4O2S2. The number of nitrogens with zero attached hydrogens (tertiary/aromatic N) is 2. The fraction of sp³-hybridized carbons (Fsp3) is 0.125. The Bertz CT molecular complexity index is 1200. The third kappa shape index (κ3) is 6.30. The number of aromatic nitrogens is 2. The molecule has 0 saturated carbocycles. The highest BCUT2D eigenvalue weighted by atomic mass is 32.2. The lowest BCUT2D eigenvalue weighted by Gasteiger charge is -2.16. The van der Waals surface area contributed by atoms with Crippen LogP contribution >= 0.6 is 23.1 Å². The van der Waals surface area contributed by atoms with Crippen LogP contribution < -0.4 is 15.4 Å². The summed E-state index contributed by atoms with van der Waals surface area (Å²) < 4.78 is 19.0. The second-order valence-corrected chi connectivity index (χ2v) is 9.31. The van der Waals surface area contributed by atoms with Crippen molar-refractivity contribution in [1.82, 2.24) is 10.2 Å². The van der Waals surface area contributed by atoms with Gasteiger partial charge in [-0.1, -0.05) is 71.6 Å². The fourth-order valence-electron chi connectivity index (χ4n) is 3.02. The monoisotopic (exact) mass is 480 g/mol. The summed E-state index contributed by atoms with van der Waals surface area (Å²) in [5.41, 5.74) is 2.44. The number of anilines is 2. The molecule has 0 aliphatic carbocycles. The Morgan fingerprint density at radius 1 is 1.06 bits per heavy atom. The molecule has 9 heteroatoms. The van der Waals surface area contributed by atoms with Crippen LogP contribution in [0, 0.1) is 5.82 Å². The third-order valence-corrected chi connectivity index (χ3v) is 6.88. The van der Waals surface area contributed by atoms with Crippen molar-refractivity contribution >= 4 is 39.8 Å². The number of nitrogens with one attached hydrogen (secondary N) is 2. The van der Waals surface area contributed by atoms with Crippen molar-refractivity contribution in [2.45, 2.75) is 16.1 Å². The van der Waals surface area contributed by atoms with E-state index in [2.05, 4.69) is 20.8 Å². The van der Waals surface area contributed by atoms with Crippen LogP contribution in [-0.4, -0.2) is 23.2 Å². The Morgan fingerprint density at radius 2 is 1.85 bits per heavy atom. The number of halogens is 1. The van der Waals surface area contributed by atoms with E-state index in [0.29, 0.717) is 27.5 Å². The number of carbonyl (C=O) groups excluding carboxylic acids is 1. The highest BCUT2D eigenvalue weighted by Gasteiger charge is 2.24. The molecule has 0 radical (unpaired) electrons. The van der Waals surface area contributed by atoms with Crippen LogP contribution in [-0.2, 0) is 11.3 Å². The summed E-state index contributed by atoms with van der Waals surface area (Å²) in [6.07, 6.45) is 0. The molecular weight excluding hydrogens is 459 g/mol. The number of methoxy groups -OCH3 is 1. The van der Waals surface area contributed by atoms with E-state index in [4.69, 9.17) is 4.74 Å². The quantitative estimate of drug-likeness (QED) is 0.296. The van der Waals surface area contributed by atoms with Crippen molar-refractivity contribution in [2.24, 2.45) is 0 Å². The minimum absolute atomic E-state index is 0.171. The summed E-state index contributed by atoms with van der Waals surface area (Å²) in [6, 6.07) is 23.0. The summed E-state index contributed by atoms with van der Waals surface area (Å²) >= 11 is 2.70. The van der Waals surface area contributed by atoms with Gasteiger partial charge in [0.15, 0.2) is 4.34 Å². The summed E-state index contributed by atoms with van der Waals surface area (Å²) in [4.78, 5) is 13.2. The maximum atomic E-state index is 13.2. The molecule has 1 heterocycles. The van der Waals surface area contributed by atoms with Crippen molar-refractivity contribution in [3.8, 4) is 5.75 Å². The molecule has 3 aromatic carbocycles. The van der Waals surface area contributed by atoms with Gasteiger partial charge in [0.2, 0.25) is 11.0 Å². The first-order valence-electron chi connectivity index (χ1n) is 10.1. The van der Waals surface area contributed by atoms with E-state index in [-0.39, 0.29) is 11.7 Å². The largest absolute Gasteiger partial charge is 0.497 e. The first-order chi connectivity index (χ1) is 16.1. The summed E-state index contributed by atoms with van der Waals surface area (Å²) in [6.45, 7) is 0.498. The molecule has 0 fully saturated rings. The van der Waals surface area contributed by atoms with Crippen LogP contribution in [0.5, 0.6) is 5.75 Å². The SMILES string of the molecule is COc1cccc(NC(=O)C(Sc2nnc(NCc3ccc(F)cc3)s2)c2ccccc2)c1. The first-order valence-corrected chi connectivity index (χ1v) is 11.8. The highest BCUT2D eigenvalue weighted by molar-refractivity contribution is 8.02. The van der Waals surface area contributed by atoms with Gasteiger partial charge in [-0.3, -0.25) is 4.79 Å². The molecule has 0 aliphatic heterocycles. The normalized spacial score (nSPS) is 11.6. The van der Waals surface area contributed by atoms with Crippen molar-refractivity contribution in [1.29, 1.82) is 0 Å². The van der Waals surface area contributed by atoms with Crippen LogP contribution in [0.2, 0.25) is 0 Å². The van der Waals surface area contributed by atoms with Crippen molar-refractivity contribution in [3.63, 3.8) is 0 Å². The van der Waals surface area contributed by atoms with Crippen molar-refractivity contribution < 1.29 is 13.9 Å². The number of rotatable bonds is 9. The number of amides is 1. The van der Waals surface area contributed by atoms with Gasteiger partial charge in [-0.2, -0.15) is 0 Å². The molecule has 2 N–H and O–H groups in total. The molecule has 1 amide bonds. The standard InChI is InChI=1S/C24H21FN4O2S2/c1-31-20-9-5-8-19(14-20)27-22(30)21(17-6-3-2-4-7-17)32-24-29-28-23(33-24)26-15-16-10-12-18(25)13-11-16/h2-14,21H,15H2,1H3,(H,26,28)(H,27,30). The minimum atomic E-state index is -0.518. The average Bonchev–Trinajstić information content (AvgIpc) is 3.30. The van der Waals surface area contributed by atoms with E-state index >= 15 is 0 Å². The van der Waals surface area contributed by atoms with Gasteiger partial charge in [-0.15, -0.1) is 10.2 Å². The zero-order chi connectivity index (χ0) is 23.0. The Morgan fingerprint density at radius 3 is 2.61 bits per heavy atom. The van der Waals surface area contributed by atoms with Gasteiger partial charge in [0.25, 0.3) is 0 Å². The van der Waals surface area contributed by atoms with Crippen LogP contribution in [0.15, 0.2) is 83.2 Å². The van der Waals surface area contributed by atoms with E-state index in [0.717, 1.165) is 11.1 Å². The van der Waals surface area contributed by atoms with Crippen molar-refractivity contribution in [2.75, 3.05) is 17.7 Å². The van der Waals surface area contributed by atoms with Gasteiger partial charge in [0.05, 0.1) is 7.11 Å². The zero-order valence-corrected chi connectivity index (χ0v) is 19.3. The van der Waals surface area contributed by atoms with Crippen LogP contribution in [0.1, 0.15) is 16.4 Å². The van der Waals surface area contributed by atoms with Gasteiger partial charge < -0.3 is 15.4 Å². The number of benzene rings is 3. The Kier molecular flexibility index (Phi) is 7.54. The van der Waals surface area contributed by atoms with E-state index in [1.165, 1.54) is 35.2 Å². The van der Waals surface area contributed by atoms with E-state index in [1.807, 2.05) is 48.5 Å². The third-order valence-electron chi connectivity index (χ3n) is 4.66. The lowest BCUT2D eigenvalue weighted by Crippen LogP contribution is -2.19. The number of hydrogen-bond acceptors (Lipinski definition) is 7. The summed E-state index contributed by atoms with van der Waals surface area (Å²) in [7, 11) is 1.58. The number of hydrogen-bond donors (Lipinski definition) is 2. The number of carbonyl (C=O) groups is 1. The fourth-order valence-corrected chi connectivity index (χ4v) is 4.96. The second-order valence-electron chi connectivity index (χ2n) is 6.98. The Balaban J connectivity index is 1.46. The van der Waals surface area contributed by atoms with Gasteiger partial charge in [-0.05, 0) is 35.4 Å². The maximum absolute atomic E-state index is 13.2. The maximum Gasteiger partial charge on any atom is 0.242 e. The molecule has 0 bridgehead atoms. The molecule has 168 valence electrons. The molecule has 1 unspecified atom stereocenters. The van der Waals surface area contributed by atoms with Gasteiger partial charge in [-0.25, -0.2) is 4.39 Å². The molecule has 4 rings (SSSR count). The van der Waals surface area contributed by atoms with Crippen molar-refractivity contribution in [3.05, 3.63) is 95.8 Å². The lowest BCUT2D eigenvalue weighted by molar-refractivity contribution is -0.115. The molecule has 1 atom stereocenters. The number of thioether (sulfide) groups is 1. The lowest BCUT2D eigenvalue weighted by atomic mass is 10.1. The summed E-state index contributed by atoms with van der Waals surface area (Å²) in [5, 5.41) is 14.7. The molecule has 6 nitrogen and oxygen atoms in total. The smallest absolute Gasteiger partial charge is 0.242 e. The molecule has 33 heavy (non-hydrogen) atoms. The molecule has 4 aromatic rings. The number of ether oxygens (including phenoxy) is 1. The van der Waals surface area contributed by atoms with Gasteiger partial charge >= 0.3 is 0 Å². The first kappa shape index (κ1) is 22.8. The van der Waals surface area contributed by atoms with Crippen LogP contribution in [0.25, 0.3) is 0 Å².